The van der Waals surface area contributed by atoms with Crippen LogP contribution in [0.5, 0.6) is 0 Å². The number of rotatable bonds is 1. The lowest BCUT2D eigenvalue weighted by Crippen LogP contribution is -1.92. The van der Waals surface area contributed by atoms with Crippen LogP contribution >= 0.6 is 0 Å². The van der Waals surface area contributed by atoms with Crippen LogP contribution in [-0.4, -0.2) is 21.7 Å². The van der Waals surface area contributed by atoms with Gasteiger partial charge in [-0.05, 0) is 18.7 Å². The van der Waals surface area contributed by atoms with Gasteiger partial charge in [0.15, 0.2) is 0 Å². The molecular formula is C11H14N4. The van der Waals surface area contributed by atoms with E-state index in [0.717, 1.165) is 16.6 Å². The monoisotopic (exact) mass is 202 g/mol. The highest BCUT2D eigenvalue weighted by Crippen LogP contribution is 2.15. The molecule has 78 valence electrons. The lowest BCUT2D eigenvalue weighted by atomic mass is 10.1. The van der Waals surface area contributed by atoms with Crippen LogP contribution in [0.4, 0.5) is 0 Å². The SMILES string of the molecule is C=N.CC(C)c1cc2cncnc2cn1. The van der Waals surface area contributed by atoms with Crippen LogP contribution in [0, 0.1) is 5.41 Å². The Morgan fingerprint density at radius 3 is 2.60 bits per heavy atom. The highest BCUT2D eigenvalue weighted by molar-refractivity contribution is 5.76. The third-order valence-corrected chi connectivity index (χ3v) is 2.00. The maximum Gasteiger partial charge on any atom is 0.116 e. The van der Waals surface area contributed by atoms with Crippen molar-refractivity contribution < 1.29 is 0 Å². The first-order valence-corrected chi connectivity index (χ1v) is 4.68. The highest BCUT2D eigenvalue weighted by atomic mass is 14.8. The van der Waals surface area contributed by atoms with Crippen molar-refractivity contribution in [2.75, 3.05) is 0 Å². The summed E-state index contributed by atoms with van der Waals surface area (Å²) in [6.45, 7) is 6.75. The Balaban J connectivity index is 0.000000531. The molecule has 0 aliphatic carbocycles. The molecule has 0 saturated carbocycles. The Morgan fingerprint density at radius 2 is 1.93 bits per heavy atom. The molecule has 2 aromatic rings. The van der Waals surface area contributed by atoms with Crippen molar-refractivity contribution in [3.05, 3.63) is 30.5 Å². The maximum atomic E-state index is 5.50. The van der Waals surface area contributed by atoms with Crippen molar-refractivity contribution in [1.29, 1.82) is 5.41 Å². The topological polar surface area (TPSA) is 62.5 Å². The second kappa shape index (κ2) is 5.14. The molecule has 0 aliphatic rings. The van der Waals surface area contributed by atoms with Crippen LogP contribution in [-0.2, 0) is 0 Å². The minimum absolute atomic E-state index is 0.449. The van der Waals surface area contributed by atoms with Crippen molar-refractivity contribution in [1.82, 2.24) is 15.0 Å². The fraction of sp³-hybridized carbons (Fsp3) is 0.273. The zero-order valence-corrected chi connectivity index (χ0v) is 8.94. The van der Waals surface area contributed by atoms with E-state index in [1.807, 2.05) is 12.3 Å². The molecule has 0 atom stereocenters. The minimum atomic E-state index is 0.449. The molecule has 1 N–H and O–H groups in total. The highest BCUT2D eigenvalue weighted by Gasteiger charge is 2.01. The molecule has 0 amide bonds. The lowest BCUT2D eigenvalue weighted by Gasteiger charge is -2.04. The molecule has 0 fully saturated rings. The number of pyridine rings is 1. The van der Waals surface area contributed by atoms with Crippen LogP contribution in [0.2, 0.25) is 0 Å². The largest absolute Gasteiger partial charge is 0.317 e. The number of hydrogen-bond acceptors (Lipinski definition) is 4. The van der Waals surface area contributed by atoms with Gasteiger partial charge in [-0.2, -0.15) is 0 Å². The molecule has 2 aromatic heterocycles. The summed E-state index contributed by atoms with van der Waals surface area (Å²) < 4.78 is 0. The van der Waals surface area contributed by atoms with E-state index >= 15 is 0 Å². The second-order valence-corrected chi connectivity index (χ2v) is 3.35. The Morgan fingerprint density at radius 1 is 1.20 bits per heavy atom. The van der Waals surface area contributed by atoms with Crippen LogP contribution in [0.15, 0.2) is 24.8 Å². The predicted octanol–water partition coefficient (Wildman–Crippen LogP) is 2.41. The Kier molecular flexibility index (Phi) is 3.85. The predicted molar refractivity (Wildman–Crippen MR) is 61.3 cm³/mol. The van der Waals surface area contributed by atoms with E-state index in [1.165, 1.54) is 0 Å². The summed E-state index contributed by atoms with van der Waals surface area (Å²) in [5.74, 6) is 0.449. The standard InChI is InChI=1S/C10H11N3.CH3N/c1-7(2)9-3-8-4-11-6-13-10(8)5-12-9;1-2/h3-7H,1-2H3;2H,1H2. The first kappa shape index (κ1) is 11.2. The number of nitrogens with zero attached hydrogens (tertiary/aromatic N) is 3. The van der Waals surface area contributed by atoms with E-state index in [2.05, 4.69) is 35.5 Å². The van der Waals surface area contributed by atoms with Gasteiger partial charge in [0, 0.05) is 17.3 Å². The molecule has 4 nitrogen and oxygen atoms in total. The number of fused-ring (bicyclic) bond motifs is 1. The molecule has 0 unspecified atom stereocenters. The average molecular weight is 202 g/mol. The molecule has 0 spiro atoms. The summed E-state index contributed by atoms with van der Waals surface area (Å²) in [7, 11) is 0. The normalized spacial score (nSPS) is 9.80. The van der Waals surface area contributed by atoms with E-state index in [0.29, 0.717) is 5.92 Å². The minimum Gasteiger partial charge on any atom is -0.317 e. The molecule has 0 aromatic carbocycles. The van der Waals surface area contributed by atoms with Gasteiger partial charge in [-0.25, -0.2) is 9.97 Å². The quantitative estimate of drug-likeness (QED) is 0.722. The van der Waals surface area contributed by atoms with Crippen LogP contribution < -0.4 is 0 Å². The molecule has 2 heterocycles. The zero-order chi connectivity index (χ0) is 11.3. The van der Waals surface area contributed by atoms with Crippen LogP contribution in [0.25, 0.3) is 10.9 Å². The first-order valence-electron chi connectivity index (χ1n) is 4.68. The molecule has 15 heavy (non-hydrogen) atoms. The van der Waals surface area contributed by atoms with E-state index in [9.17, 15) is 0 Å². The summed E-state index contributed by atoms with van der Waals surface area (Å²) in [6.07, 6.45) is 5.15. The third kappa shape index (κ3) is 2.56. The Bertz CT molecular complexity index is 439. The van der Waals surface area contributed by atoms with Gasteiger partial charge in [0.1, 0.15) is 6.33 Å². The molecule has 4 heteroatoms. The Labute approximate surface area is 88.9 Å². The van der Waals surface area contributed by atoms with Gasteiger partial charge in [0.05, 0.1) is 11.7 Å². The fourth-order valence-corrected chi connectivity index (χ4v) is 1.22. The lowest BCUT2D eigenvalue weighted by molar-refractivity contribution is 0.825. The summed E-state index contributed by atoms with van der Waals surface area (Å²) in [5, 5.41) is 6.56. The molecule has 0 saturated heterocycles. The molecule has 0 bridgehead atoms. The average Bonchev–Trinajstić information content (AvgIpc) is 2.31. The summed E-state index contributed by atoms with van der Waals surface area (Å²) in [6, 6.07) is 2.04. The van der Waals surface area contributed by atoms with Crippen molar-refractivity contribution in [3.8, 4) is 0 Å². The zero-order valence-electron chi connectivity index (χ0n) is 8.94. The molecule has 0 aliphatic heterocycles. The number of hydrogen-bond donors (Lipinski definition) is 1. The van der Waals surface area contributed by atoms with Crippen molar-refractivity contribution in [2.24, 2.45) is 0 Å². The van der Waals surface area contributed by atoms with Gasteiger partial charge < -0.3 is 5.41 Å². The first-order chi connectivity index (χ1) is 7.27. The van der Waals surface area contributed by atoms with Crippen molar-refractivity contribution in [2.45, 2.75) is 19.8 Å². The van der Waals surface area contributed by atoms with Gasteiger partial charge in [-0.15, -0.1) is 0 Å². The summed E-state index contributed by atoms with van der Waals surface area (Å²) in [4.78, 5) is 12.4. The third-order valence-electron chi connectivity index (χ3n) is 2.00. The van der Waals surface area contributed by atoms with Crippen LogP contribution in [0.3, 0.4) is 0 Å². The van der Waals surface area contributed by atoms with Gasteiger partial charge >= 0.3 is 0 Å². The summed E-state index contributed by atoms with van der Waals surface area (Å²) in [5.41, 5.74) is 1.99. The smallest absolute Gasteiger partial charge is 0.116 e. The van der Waals surface area contributed by atoms with Gasteiger partial charge in [-0.3, -0.25) is 4.98 Å². The van der Waals surface area contributed by atoms with Crippen LogP contribution in [0.1, 0.15) is 25.5 Å². The van der Waals surface area contributed by atoms with E-state index < -0.39 is 0 Å². The second-order valence-electron chi connectivity index (χ2n) is 3.35. The van der Waals surface area contributed by atoms with E-state index in [4.69, 9.17) is 5.41 Å². The fourth-order valence-electron chi connectivity index (χ4n) is 1.22. The van der Waals surface area contributed by atoms with Gasteiger partial charge in [0.25, 0.3) is 0 Å². The maximum absolute atomic E-state index is 5.50. The van der Waals surface area contributed by atoms with Gasteiger partial charge in [-0.1, -0.05) is 13.8 Å². The van der Waals surface area contributed by atoms with E-state index in [1.54, 1.807) is 12.5 Å². The summed E-state index contributed by atoms with van der Waals surface area (Å²) >= 11 is 0. The molecular weight excluding hydrogens is 188 g/mol. The number of nitrogens with one attached hydrogen (secondary N) is 1. The number of aromatic nitrogens is 3. The molecule has 0 radical (unpaired) electrons. The Hall–Kier alpha value is -1.84. The molecule has 2 rings (SSSR count). The van der Waals surface area contributed by atoms with Crippen molar-refractivity contribution >= 4 is 17.6 Å². The van der Waals surface area contributed by atoms with Crippen molar-refractivity contribution in [3.63, 3.8) is 0 Å². The van der Waals surface area contributed by atoms with Gasteiger partial charge in [0.2, 0.25) is 0 Å². The van der Waals surface area contributed by atoms with E-state index in [-0.39, 0.29) is 0 Å².